The summed E-state index contributed by atoms with van der Waals surface area (Å²) in [6.07, 6.45) is 0. The number of aryl methyl sites for hydroxylation is 1. The molecule has 1 aliphatic heterocycles. The minimum absolute atomic E-state index is 0.0387. The van der Waals surface area contributed by atoms with Gasteiger partial charge in [-0.25, -0.2) is 9.18 Å². The molecule has 4 nitrogen and oxygen atoms in total. The van der Waals surface area contributed by atoms with Crippen LogP contribution in [0.2, 0.25) is 0 Å². The van der Waals surface area contributed by atoms with Gasteiger partial charge < -0.3 is 4.74 Å². The summed E-state index contributed by atoms with van der Waals surface area (Å²) in [5.74, 6) is -0.457. The van der Waals surface area contributed by atoms with E-state index < -0.39 is 5.97 Å². The van der Waals surface area contributed by atoms with E-state index in [1.54, 1.807) is 29.2 Å². The van der Waals surface area contributed by atoms with Crippen LogP contribution in [0, 0.1) is 12.7 Å². The number of hydrogen-bond acceptors (Lipinski definition) is 4. The molecule has 1 heterocycles. The second-order valence-electron chi connectivity index (χ2n) is 5.47. The first kappa shape index (κ1) is 16.5. The molecule has 0 bridgehead atoms. The monoisotopic (exact) mass is 345 g/mol. The Labute approximate surface area is 143 Å². The topological polar surface area (TPSA) is 46.6 Å². The molecule has 1 saturated heterocycles. The first-order valence-electron chi connectivity index (χ1n) is 7.39. The minimum atomic E-state index is -0.423. The van der Waals surface area contributed by atoms with Crippen LogP contribution in [0.3, 0.4) is 0 Å². The molecule has 1 unspecified atom stereocenters. The predicted molar refractivity (Wildman–Crippen MR) is 91.6 cm³/mol. The summed E-state index contributed by atoms with van der Waals surface area (Å²) < 4.78 is 18.3. The molecular weight excluding hydrogens is 329 g/mol. The van der Waals surface area contributed by atoms with E-state index in [9.17, 15) is 14.0 Å². The Kier molecular flexibility index (Phi) is 4.57. The van der Waals surface area contributed by atoms with Crippen molar-refractivity contribution < 1.29 is 18.7 Å². The summed E-state index contributed by atoms with van der Waals surface area (Å²) in [5.41, 5.74) is 2.67. The van der Waals surface area contributed by atoms with Crippen molar-refractivity contribution in [2.45, 2.75) is 12.3 Å². The Morgan fingerprint density at radius 1 is 1.29 bits per heavy atom. The molecule has 6 heteroatoms. The summed E-state index contributed by atoms with van der Waals surface area (Å²) >= 11 is 1.46. The van der Waals surface area contributed by atoms with Gasteiger partial charge in [0.25, 0.3) is 0 Å². The summed E-state index contributed by atoms with van der Waals surface area (Å²) in [7, 11) is 1.33. The minimum Gasteiger partial charge on any atom is -0.465 e. The first-order chi connectivity index (χ1) is 11.5. The highest BCUT2D eigenvalue weighted by Crippen LogP contribution is 2.42. The lowest BCUT2D eigenvalue weighted by molar-refractivity contribution is -0.115. The fourth-order valence-corrected chi connectivity index (χ4v) is 3.92. The van der Waals surface area contributed by atoms with E-state index in [2.05, 4.69) is 0 Å². The van der Waals surface area contributed by atoms with Gasteiger partial charge in [-0.05, 0) is 48.4 Å². The van der Waals surface area contributed by atoms with Crippen LogP contribution in [0.25, 0.3) is 0 Å². The average Bonchev–Trinajstić information content (AvgIpc) is 2.95. The number of thioether (sulfide) groups is 1. The fraction of sp³-hybridized carbons (Fsp3) is 0.222. The summed E-state index contributed by atoms with van der Waals surface area (Å²) in [6, 6.07) is 11.3. The molecule has 0 spiro atoms. The first-order valence-corrected chi connectivity index (χ1v) is 8.44. The zero-order valence-corrected chi connectivity index (χ0v) is 14.1. The normalized spacial score (nSPS) is 17.2. The molecule has 0 radical (unpaired) electrons. The maximum Gasteiger partial charge on any atom is 0.337 e. The van der Waals surface area contributed by atoms with Gasteiger partial charge in [0.2, 0.25) is 5.91 Å². The molecule has 124 valence electrons. The number of carbonyl (C=O) groups is 2. The van der Waals surface area contributed by atoms with Crippen molar-refractivity contribution in [3.63, 3.8) is 0 Å². The molecule has 1 fully saturated rings. The Morgan fingerprint density at radius 3 is 2.75 bits per heavy atom. The van der Waals surface area contributed by atoms with E-state index in [1.807, 2.05) is 13.0 Å². The van der Waals surface area contributed by atoms with Crippen LogP contribution in [-0.4, -0.2) is 24.7 Å². The molecule has 0 saturated carbocycles. The van der Waals surface area contributed by atoms with Crippen molar-refractivity contribution in [2.75, 3.05) is 17.8 Å². The summed E-state index contributed by atoms with van der Waals surface area (Å²) in [5, 5.41) is -0.282. The smallest absolute Gasteiger partial charge is 0.337 e. The van der Waals surface area contributed by atoms with Gasteiger partial charge in [0.1, 0.15) is 11.2 Å². The second-order valence-corrected chi connectivity index (χ2v) is 6.54. The lowest BCUT2D eigenvalue weighted by Gasteiger charge is -2.26. The number of methoxy groups -OCH3 is 1. The molecule has 0 N–H and O–H groups in total. The lowest BCUT2D eigenvalue weighted by atomic mass is 10.1. The van der Waals surface area contributed by atoms with E-state index >= 15 is 0 Å². The number of benzene rings is 2. The third kappa shape index (κ3) is 3.01. The number of ether oxygens (including phenoxy) is 1. The second kappa shape index (κ2) is 6.65. The Hall–Kier alpha value is -2.34. The van der Waals surface area contributed by atoms with Gasteiger partial charge in [0, 0.05) is 5.69 Å². The van der Waals surface area contributed by atoms with Crippen LogP contribution in [0.5, 0.6) is 0 Å². The van der Waals surface area contributed by atoms with Crippen LogP contribution >= 0.6 is 11.8 Å². The van der Waals surface area contributed by atoms with Gasteiger partial charge in [0.05, 0.1) is 18.4 Å². The van der Waals surface area contributed by atoms with E-state index in [0.29, 0.717) is 17.0 Å². The van der Waals surface area contributed by atoms with Crippen molar-refractivity contribution in [3.8, 4) is 0 Å². The number of hydrogen-bond donors (Lipinski definition) is 0. The van der Waals surface area contributed by atoms with E-state index in [0.717, 1.165) is 11.1 Å². The Bertz CT molecular complexity index is 809. The molecule has 0 aliphatic carbocycles. The molecule has 2 aromatic rings. The maximum atomic E-state index is 13.5. The van der Waals surface area contributed by atoms with E-state index in [1.165, 1.54) is 31.0 Å². The van der Waals surface area contributed by atoms with E-state index in [-0.39, 0.29) is 17.1 Å². The van der Waals surface area contributed by atoms with Crippen LogP contribution < -0.4 is 4.90 Å². The molecule has 1 amide bonds. The molecule has 0 aromatic heterocycles. The largest absolute Gasteiger partial charge is 0.465 e. The van der Waals surface area contributed by atoms with Gasteiger partial charge in [-0.15, -0.1) is 11.8 Å². The Morgan fingerprint density at radius 2 is 2.08 bits per heavy atom. The summed E-state index contributed by atoms with van der Waals surface area (Å²) in [6.45, 7) is 1.83. The highest BCUT2D eigenvalue weighted by Gasteiger charge is 2.35. The number of rotatable bonds is 3. The number of anilines is 1. The highest BCUT2D eigenvalue weighted by molar-refractivity contribution is 8.00. The Balaban J connectivity index is 1.99. The predicted octanol–water partition coefficient (Wildman–Crippen LogP) is 3.70. The molecule has 24 heavy (non-hydrogen) atoms. The molecule has 2 aromatic carbocycles. The number of carbonyl (C=O) groups excluding carboxylic acids is 2. The van der Waals surface area contributed by atoms with E-state index in [4.69, 9.17) is 4.74 Å². The maximum absolute atomic E-state index is 13.5. The van der Waals surface area contributed by atoms with Gasteiger partial charge >= 0.3 is 5.97 Å². The fourth-order valence-electron chi connectivity index (χ4n) is 2.76. The quantitative estimate of drug-likeness (QED) is 0.796. The van der Waals surface area contributed by atoms with Crippen LogP contribution in [-0.2, 0) is 9.53 Å². The van der Waals surface area contributed by atoms with Crippen LogP contribution in [0.1, 0.15) is 26.9 Å². The molecular formula is C18H16FNO3S. The number of halogens is 1. The van der Waals surface area contributed by atoms with Crippen LogP contribution in [0.15, 0.2) is 42.5 Å². The summed E-state index contributed by atoms with van der Waals surface area (Å²) in [4.78, 5) is 25.7. The molecule has 1 aliphatic rings. The average molecular weight is 345 g/mol. The zero-order chi connectivity index (χ0) is 17.3. The third-order valence-electron chi connectivity index (χ3n) is 3.88. The lowest BCUT2D eigenvalue weighted by Crippen LogP contribution is -2.28. The third-order valence-corrected chi connectivity index (χ3v) is 5.09. The van der Waals surface area contributed by atoms with Gasteiger partial charge in [-0.1, -0.05) is 12.1 Å². The molecule has 3 rings (SSSR count). The van der Waals surface area contributed by atoms with Gasteiger partial charge in [-0.2, -0.15) is 0 Å². The number of nitrogens with zero attached hydrogens (tertiary/aromatic N) is 1. The molecule has 1 atom stereocenters. The van der Waals surface area contributed by atoms with Gasteiger partial charge in [-0.3, -0.25) is 9.69 Å². The van der Waals surface area contributed by atoms with Crippen molar-refractivity contribution in [3.05, 3.63) is 65.0 Å². The SMILES string of the molecule is COC(=O)c1ccc(N2C(=O)CSC2c2cccc(F)c2)c(C)c1. The standard InChI is InChI=1S/C18H16FNO3S/c1-11-8-13(18(22)23-2)6-7-15(11)20-16(21)10-24-17(20)12-4-3-5-14(19)9-12/h3-9,17H,10H2,1-2H3. The van der Waals surface area contributed by atoms with Crippen molar-refractivity contribution in [1.82, 2.24) is 0 Å². The van der Waals surface area contributed by atoms with Crippen LogP contribution in [0.4, 0.5) is 10.1 Å². The number of esters is 1. The zero-order valence-electron chi connectivity index (χ0n) is 13.3. The van der Waals surface area contributed by atoms with Crippen molar-refractivity contribution in [2.24, 2.45) is 0 Å². The number of amides is 1. The highest BCUT2D eigenvalue weighted by atomic mass is 32.2. The van der Waals surface area contributed by atoms with Crippen molar-refractivity contribution >= 4 is 29.3 Å². The van der Waals surface area contributed by atoms with Crippen molar-refractivity contribution in [1.29, 1.82) is 0 Å². The van der Waals surface area contributed by atoms with Gasteiger partial charge in [0.15, 0.2) is 0 Å².